The van der Waals surface area contributed by atoms with Crippen LogP contribution in [0.2, 0.25) is 0 Å². The summed E-state index contributed by atoms with van der Waals surface area (Å²) in [6.45, 7) is 5.08. The van der Waals surface area contributed by atoms with Gasteiger partial charge in [-0.2, -0.15) is 0 Å². The summed E-state index contributed by atoms with van der Waals surface area (Å²) < 4.78 is 14.9. The summed E-state index contributed by atoms with van der Waals surface area (Å²) in [7, 11) is 0. The van der Waals surface area contributed by atoms with Gasteiger partial charge in [0.05, 0.1) is 13.2 Å². The van der Waals surface area contributed by atoms with Crippen LogP contribution < -0.4 is 10.1 Å². The van der Waals surface area contributed by atoms with Gasteiger partial charge in [0.1, 0.15) is 5.75 Å². The molecule has 1 amide bonds. The van der Waals surface area contributed by atoms with E-state index in [4.69, 9.17) is 14.2 Å². The van der Waals surface area contributed by atoms with Gasteiger partial charge in [0.15, 0.2) is 6.61 Å². The van der Waals surface area contributed by atoms with Crippen LogP contribution in [0.5, 0.6) is 5.75 Å². The second-order valence-corrected chi connectivity index (χ2v) is 4.79. The highest BCUT2D eigenvalue weighted by atomic mass is 16.6. The monoisotopic (exact) mass is 337 g/mol. The lowest BCUT2D eigenvalue weighted by atomic mass is 10.2. The van der Waals surface area contributed by atoms with E-state index in [9.17, 15) is 14.4 Å². The van der Waals surface area contributed by atoms with Crippen LogP contribution in [0, 0.1) is 0 Å². The van der Waals surface area contributed by atoms with Gasteiger partial charge in [0.2, 0.25) is 6.04 Å². The molecule has 1 aromatic carbocycles. The summed E-state index contributed by atoms with van der Waals surface area (Å²) in [5.41, 5.74) is 1.15. The lowest BCUT2D eigenvalue weighted by Gasteiger charge is -2.16. The van der Waals surface area contributed by atoms with Crippen LogP contribution >= 0.6 is 0 Å². The standard InChI is InChI=1S/C17H23NO6/c1-4-12-7-9-13(10-8-12)24-11-14(19)18-15(16(20)22-5-2)17(21)23-6-3/h7-10,15H,4-6,11H2,1-3H3,(H,18,19). The quantitative estimate of drug-likeness (QED) is 0.538. The van der Waals surface area contributed by atoms with E-state index in [0.717, 1.165) is 12.0 Å². The Kier molecular flexibility index (Phi) is 8.32. The number of nitrogens with one attached hydrogen (secondary N) is 1. The molecule has 0 saturated carbocycles. The summed E-state index contributed by atoms with van der Waals surface area (Å²) in [6.07, 6.45) is 0.904. The average molecular weight is 337 g/mol. The van der Waals surface area contributed by atoms with Crippen LogP contribution in [-0.2, 0) is 30.3 Å². The van der Waals surface area contributed by atoms with E-state index in [1.54, 1.807) is 26.0 Å². The van der Waals surface area contributed by atoms with Gasteiger partial charge in [-0.1, -0.05) is 19.1 Å². The molecular weight excluding hydrogens is 314 g/mol. The van der Waals surface area contributed by atoms with Gasteiger partial charge < -0.3 is 19.5 Å². The van der Waals surface area contributed by atoms with Gasteiger partial charge in [-0.25, -0.2) is 9.59 Å². The van der Waals surface area contributed by atoms with Crippen molar-refractivity contribution in [3.63, 3.8) is 0 Å². The topological polar surface area (TPSA) is 90.9 Å². The molecule has 0 unspecified atom stereocenters. The number of hydrogen-bond acceptors (Lipinski definition) is 6. The Labute approximate surface area is 141 Å². The van der Waals surface area contributed by atoms with Crippen molar-refractivity contribution in [3.8, 4) is 5.75 Å². The van der Waals surface area contributed by atoms with Crippen molar-refractivity contribution >= 4 is 17.8 Å². The van der Waals surface area contributed by atoms with E-state index < -0.39 is 23.9 Å². The lowest BCUT2D eigenvalue weighted by Crippen LogP contribution is -2.49. The number of carbonyl (C=O) groups is 3. The minimum atomic E-state index is -1.50. The van der Waals surface area contributed by atoms with E-state index in [1.165, 1.54) is 0 Å². The van der Waals surface area contributed by atoms with Crippen molar-refractivity contribution in [3.05, 3.63) is 29.8 Å². The maximum atomic E-state index is 11.9. The Morgan fingerprint density at radius 3 is 1.96 bits per heavy atom. The number of ether oxygens (including phenoxy) is 3. The Morgan fingerprint density at radius 1 is 0.958 bits per heavy atom. The summed E-state index contributed by atoms with van der Waals surface area (Å²) in [5, 5.41) is 2.27. The molecule has 0 aromatic heterocycles. The van der Waals surface area contributed by atoms with Crippen LogP contribution in [-0.4, -0.2) is 43.7 Å². The van der Waals surface area contributed by atoms with Gasteiger partial charge in [-0.3, -0.25) is 4.79 Å². The van der Waals surface area contributed by atoms with E-state index >= 15 is 0 Å². The molecule has 0 aliphatic rings. The number of aryl methyl sites for hydroxylation is 1. The van der Waals surface area contributed by atoms with Gasteiger partial charge in [0, 0.05) is 0 Å². The van der Waals surface area contributed by atoms with Crippen molar-refractivity contribution in [2.75, 3.05) is 19.8 Å². The predicted molar refractivity (Wildman–Crippen MR) is 86.5 cm³/mol. The smallest absolute Gasteiger partial charge is 0.340 e. The van der Waals surface area contributed by atoms with Crippen LogP contribution in [0.3, 0.4) is 0 Å². The third-order valence-electron chi connectivity index (χ3n) is 3.05. The van der Waals surface area contributed by atoms with E-state index in [1.807, 2.05) is 19.1 Å². The fraction of sp³-hybridized carbons (Fsp3) is 0.471. The number of benzene rings is 1. The first-order chi connectivity index (χ1) is 11.5. The first-order valence-corrected chi connectivity index (χ1v) is 7.86. The molecule has 0 bridgehead atoms. The van der Waals surface area contributed by atoms with Gasteiger partial charge in [-0.15, -0.1) is 0 Å². The summed E-state index contributed by atoms with van der Waals surface area (Å²) in [6, 6.07) is 5.80. The first-order valence-electron chi connectivity index (χ1n) is 7.86. The fourth-order valence-electron chi connectivity index (χ4n) is 1.84. The van der Waals surface area contributed by atoms with Crippen molar-refractivity contribution < 1.29 is 28.6 Å². The number of esters is 2. The second-order valence-electron chi connectivity index (χ2n) is 4.79. The predicted octanol–water partition coefficient (Wildman–Crippen LogP) is 1.24. The molecule has 1 N–H and O–H groups in total. The van der Waals surface area contributed by atoms with Crippen LogP contribution in [0.1, 0.15) is 26.3 Å². The van der Waals surface area contributed by atoms with E-state index in [0.29, 0.717) is 5.75 Å². The number of hydrogen-bond donors (Lipinski definition) is 1. The van der Waals surface area contributed by atoms with E-state index in [-0.39, 0.29) is 19.8 Å². The summed E-state index contributed by atoms with van der Waals surface area (Å²) in [5.74, 6) is -1.83. The molecular formula is C17H23NO6. The third kappa shape index (κ3) is 6.28. The van der Waals surface area contributed by atoms with Crippen molar-refractivity contribution in [1.82, 2.24) is 5.32 Å². The molecule has 0 saturated heterocycles. The Morgan fingerprint density at radius 2 is 1.50 bits per heavy atom. The highest BCUT2D eigenvalue weighted by Crippen LogP contribution is 2.12. The zero-order chi connectivity index (χ0) is 17.9. The molecule has 7 nitrogen and oxygen atoms in total. The second kappa shape index (κ2) is 10.3. The van der Waals surface area contributed by atoms with Crippen LogP contribution in [0.15, 0.2) is 24.3 Å². The SMILES string of the molecule is CCOC(=O)C(NC(=O)COc1ccc(CC)cc1)C(=O)OCC. The first kappa shape index (κ1) is 19.5. The molecule has 0 aliphatic heterocycles. The molecule has 0 aliphatic carbocycles. The molecule has 1 rings (SSSR count). The number of rotatable bonds is 9. The average Bonchev–Trinajstić information content (AvgIpc) is 2.58. The van der Waals surface area contributed by atoms with Gasteiger partial charge in [0.25, 0.3) is 5.91 Å². The zero-order valence-corrected chi connectivity index (χ0v) is 14.2. The molecule has 7 heteroatoms. The zero-order valence-electron chi connectivity index (χ0n) is 14.2. The maximum Gasteiger partial charge on any atom is 0.340 e. The van der Waals surface area contributed by atoms with Crippen LogP contribution in [0.25, 0.3) is 0 Å². The van der Waals surface area contributed by atoms with Gasteiger partial charge >= 0.3 is 11.9 Å². The third-order valence-corrected chi connectivity index (χ3v) is 3.05. The summed E-state index contributed by atoms with van der Waals surface area (Å²) in [4.78, 5) is 35.4. The Bertz CT molecular complexity index is 537. The molecule has 0 heterocycles. The molecule has 132 valence electrons. The normalized spacial score (nSPS) is 10.2. The Hall–Kier alpha value is -2.57. The number of amides is 1. The highest BCUT2D eigenvalue weighted by molar-refractivity contribution is 6.02. The maximum absolute atomic E-state index is 11.9. The minimum absolute atomic E-state index is 0.0882. The van der Waals surface area contributed by atoms with Crippen LogP contribution in [0.4, 0.5) is 0 Å². The molecule has 0 fully saturated rings. The number of carbonyl (C=O) groups excluding carboxylic acids is 3. The molecule has 0 atom stereocenters. The van der Waals surface area contributed by atoms with Gasteiger partial charge in [-0.05, 0) is 38.0 Å². The minimum Gasteiger partial charge on any atom is -0.484 e. The summed E-state index contributed by atoms with van der Waals surface area (Å²) >= 11 is 0. The lowest BCUT2D eigenvalue weighted by molar-refractivity contribution is -0.159. The van der Waals surface area contributed by atoms with E-state index in [2.05, 4.69) is 5.32 Å². The Balaban J connectivity index is 2.59. The largest absolute Gasteiger partial charge is 0.484 e. The van der Waals surface area contributed by atoms with Crippen molar-refractivity contribution in [2.24, 2.45) is 0 Å². The molecule has 1 aromatic rings. The molecule has 0 radical (unpaired) electrons. The van der Waals surface area contributed by atoms with Crippen molar-refractivity contribution in [2.45, 2.75) is 33.2 Å². The van der Waals surface area contributed by atoms with Crippen molar-refractivity contribution in [1.29, 1.82) is 0 Å². The highest BCUT2D eigenvalue weighted by Gasteiger charge is 2.31. The molecule has 0 spiro atoms. The molecule has 24 heavy (non-hydrogen) atoms. The fourth-order valence-corrected chi connectivity index (χ4v) is 1.84.